The molecule has 0 saturated carbocycles. The Morgan fingerprint density at radius 2 is 1.28 bits per heavy atom. The van der Waals surface area contributed by atoms with Crippen molar-refractivity contribution >= 4 is 39.1 Å². The summed E-state index contributed by atoms with van der Waals surface area (Å²) in [5, 5.41) is 0. The SMILES string of the molecule is CC1(C)c2ccccc2N2c3cccc[c]3[Ge]([CH3])([CH3])[c]3cccc1c32. The van der Waals surface area contributed by atoms with Gasteiger partial charge >= 0.3 is 153 Å². The summed E-state index contributed by atoms with van der Waals surface area (Å²) in [7, 11) is 0. The van der Waals surface area contributed by atoms with Crippen molar-refractivity contribution in [1.82, 2.24) is 0 Å². The van der Waals surface area contributed by atoms with Crippen LogP contribution in [-0.2, 0) is 5.41 Å². The molecule has 3 aromatic rings. The Morgan fingerprint density at radius 3 is 2.08 bits per heavy atom. The van der Waals surface area contributed by atoms with Crippen molar-refractivity contribution in [3.8, 4) is 0 Å². The number of fused-ring (bicyclic) bond motifs is 4. The number of para-hydroxylation sites is 3. The minimum atomic E-state index is -2.31. The molecule has 0 amide bonds. The molecule has 2 aliphatic heterocycles. The summed E-state index contributed by atoms with van der Waals surface area (Å²) in [6.07, 6.45) is 0. The number of rotatable bonds is 0. The van der Waals surface area contributed by atoms with Gasteiger partial charge in [0.15, 0.2) is 0 Å². The quantitative estimate of drug-likeness (QED) is 0.496. The molecule has 2 heterocycles. The molecule has 5 rings (SSSR count). The van der Waals surface area contributed by atoms with Crippen molar-refractivity contribution in [1.29, 1.82) is 0 Å². The molecule has 3 aromatic carbocycles. The molecule has 0 unspecified atom stereocenters. The van der Waals surface area contributed by atoms with Crippen LogP contribution in [0.1, 0.15) is 25.0 Å². The van der Waals surface area contributed by atoms with Gasteiger partial charge in [-0.2, -0.15) is 0 Å². The van der Waals surface area contributed by atoms with Gasteiger partial charge in [-0.05, 0) is 0 Å². The topological polar surface area (TPSA) is 3.24 Å². The van der Waals surface area contributed by atoms with Gasteiger partial charge in [0.25, 0.3) is 0 Å². The third kappa shape index (κ3) is 1.80. The van der Waals surface area contributed by atoms with E-state index in [2.05, 4.69) is 97.0 Å². The van der Waals surface area contributed by atoms with Gasteiger partial charge in [0, 0.05) is 0 Å². The van der Waals surface area contributed by atoms with Crippen molar-refractivity contribution < 1.29 is 0 Å². The van der Waals surface area contributed by atoms with E-state index in [1.165, 1.54) is 28.2 Å². The van der Waals surface area contributed by atoms with Crippen LogP contribution in [0.4, 0.5) is 17.1 Å². The van der Waals surface area contributed by atoms with Crippen molar-refractivity contribution in [3.63, 3.8) is 0 Å². The average Bonchev–Trinajstić information content (AvgIpc) is 2.61. The van der Waals surface area contributed by atoms with E-state index in [4.69, 9.17) is 0 Å². The molecule has 0 aliphatic carbocycles. The Balaban J connectivity index is 1.97. The van der Waals surface area contributed by atoms with E-state index in [1.54, 1.807) is 8.79 Å². The van der Waals surface area contributed by atoms with Crippen LogP contribution >= 0.6 is 0 Å². The molecule has 1 nitrogen and oxygen atoms in total. The Kier molecular flexibility index (Phi) is 2.93. The Morgan fingerprint density at radius 1 is 0.680 bits per heavy atom. The van der Waals surface area contributed by atoms with Crippen LogP contribution < -0.4 is 13.7 Å². The summed E-state index contributed by atoms with van der Waals surface area (Å²) in [6.45, 7) is 4.75. The van der Waals surface area contributed by atoms with Crippen molar-refractivity contribution in [2.75, 3.05) is 4.90 Å². The molecule has 2 aliphatic rings. The van der Waals surface area contributed by atoms with Gasteiger partial charge in [-0.3, -0.25) is 0 Å². The number of hydrogen-bond acceptors (Lipinski definition) is 1. The van der Waals surface area contributed by atoms with Crippen molar-refractivity contribution in [3.05, 3.63) is 77.9 Å². The van der Waals surface area contributed by atoms with Crippen LogP contribution in [-0.4, -0.2) is 13.3 Å². The molecular formula is C23H23GeN. The van der Waals surface area contributed by atoms with Gasteiger partial charge in [0.05, 0.1) is 0 Å². The summed E-state index contributed by atoms with van der Waals surface area (Å²) in [5.74, 6) is 5.08. The monoisotopic (exact) mass is 387 g/mol. The van der Waals surface area contributed by atoms with Crippen LogP contribution in [0.3, 0.4) is 0 Å². The Labute approximate surface area is 152 Å². The van der Waals surface area contributed by atoms with Gasteiger partial charge in [-0.1, -0.05) is 0 Å². The summed E-state index contributed by atoms with van der Waals surface area (Å²) < 4.78 is 3.19. The molecular weight excluding hydrogens is 363 g/mol. The number of anilines is 3. The first-order valence-corrected chi connectivity index (χ1v) is 15.4. The number of hydrogen-bond donors (Lipinski definition) is 0. The third-order valence-corrected chi connectivity index (χ3v) is 13.6. The molecule has 2 heteroatoms. The first kappa shape index (κ1) is 15.3. The van der Waals surface area contributed by atoms with Gasteiger partial charge in [-0.15, -0.1) is 0 Å². The third-order valence-electron chi connectivity index (χ3n) is 6.24. The first-order chi connectivity index (χ1) is 11.9. The van der Waals surface area contributed by atoms with Crippen molar-refractivity contribution in [2.24, 2.45) is 0 Å². The summed E-state index contributed by atoms with van der Waals surface area (Å²) in [6, 6.07) is 25.0. The fraction of sp³-hybridized carbons (Fsp3) is 0.217. The molecule has 0 aromatic heterocycles. The zero-order valence-electron chi connectivity index (χ0n) is 15.3. The van der Waals surface area contributed by atoms with E-state index in [0.29, 0.717) is 0 Å². The zero-order valence-corrected chi connectivity index (χ0v) is 17.4. The zero-order chi connectivity index (χ0) is 17.4. The standard InChI is InChI=1S/C23H23GeN/c1-23(2)16-10-5-7-14-20(16)25-21-15-8-6-12-18(21)24(3,4)19-13-9-11-17(23)22(19)25/h5-15H,1-4H3. The molecule has 0 saturated heterocycles. The molecule has 0 radical (unpaired) electrons. The Bertz CT molecular complexity index is 938. The van der Waals surface area contributed by atoms with Crippen LogP contribution in [0, 0.1) is 0 Å². The van der Waals surface area contributed by atoms with E-state index < -0.39 is 13.3 Å². The minimum absolute atomic E-state index is 0.0308. The second-order valence-corrected chi connectivity index (χ2v) is 17.4. The molecule has 124 valence electrons. The molecule has 0 atom stereocenters. The predicted molar refractivity (Wildman–Crippen MR) is 110 cm³/mol. The molecule has 0 bridgehead atoms. The van der Waals surface area contributed by atoms with E-state index in [-0.39, 0.29) is 5.41 Å². The van der Waals surface area contributed by atoms with Gasteiger partial charge in [-0.25, -0.2) is 0 Å². The number of nitrogens with zero attached hydrogens (tertiary/aromatic N) is 1. The Hall–Kier alpha value is -2.00. The number of benzene rings is 3. The molecule has 0 spiro atoms. The van der Waals surface area contributed by atoms with Crippen LogP contribution in [0.5, 0.6) is 0 Å². The second kappa shape index (κ2) is 4.79. The molecule has 25 heavy (non-hydrogen) atoms. The van der Waals surface area contributed by atoms with Gasteiger partial charge in [0.1, 0.15) is 0 Å². The summed E-state index contributed by atoms with van der Waals surface area (Å²) in [4.78, 5) is 2.54. The van der Waals surface area contributed by atoms with Crippen molar-refractivity contribution in [2.45, 2.75) is 30.8 Å². The summed E-state index contributed by atoms with van der Waals surface area (Å²) >= 11 is -2.31. The normalized spacial score (nSPS) is 18.2. The van der Waals surface area contributed by atoms with E-state index >= 15 is 0 Å². The van der Waals surface area contributed by atoms with E-state index in [0.717, 1.165) is 0 Å². The summed E-state index contributed by atoms with van der Waals surface area (Å²) in [5.41, 5.74) is 7.13. The van der Waals surface area contributed by atoms with E-state index in [9.17, 15) is 0 Å². The van der Waals surface area contributed by atoms with Crippen LogP contribution in [0.25, 0.3) is 0 Å². The van der Waals surface area contributed by atoms with E-state index in [1.807, 2.05) is 0 Å². The van der Waals surface area contributed by atoms with Crippen LogP contribution in [0.15, 0.2) is 66.7 Å². The van der Waals surface area contributed by atoms with Crippen LogP contribution in [0.2, 0.25) is 11.5 Å². The maximum absolute atomic E-state index is 2.54. The fourth-order valence-corrected chi connectivity index (χ4v) is 11.1. The first-order valence-electron chi connectivity index (χ1n) is 9.07. The van der Waals surface area contributed by atoms with Gasteiger partial charge < -0.3 is 0 Å². The predicted octanol–water partition coefficient (Wildman–Crippen LogP) is 4.93. The fourth-order valence-electron chi connectivity index (χ4n) is 4.85. The average molecular weight is 386 g/mol. The second-order valence-electron chi connectivity index (χ2n) is 8.32. The van der Waals surface area contributed by atoms with Gasteiger partial charge in [0.2, 0.25) is 0 Å². The maximum atomic E-state index is 2.54. The molecule has 0 N–H and O–H groups in total. The molecule has 0 fully saturated rings.